The Bertz CT molecular complexity index is 542. The average Bonchev–Trinajstić information content (AvgIpc) is 2.59. The molecule has 1 rings (SSSR count). The molecule has 1 unspecified atom stereocenters. The highest BCUT2D eigenvalue weighted by Crippen LogP contribution is 2.15. The third-order valence-corrected chi connectivity index (χ3v) is 4.30. The van der Waals surface area contributed by atoms with Gasteiger partial charge in [-0.15, -0.1) is 0 Å². The number of aliphatic hydroxyl groups is 4. The minimum absolute atomic E-state index is 0.199. The Morgan fingerprint density at radius 2 is 1.50 bits per heavy atom. The third-order valence-electron chi connectivity index (χ3n) is 4.30. The molecule has 0 spiro atoms. The second-order valence-corrected chi connectivity index (χ2v) is 7.29. The van der Waals surface area contributed by atoms with Crippen molar-refractivity contribution in [3.8, 4) is 0 Å². The van der Waals surface area contributed by atoms with Crippen molar-refractivity contribution in [2.75, 3.05) is 0 Å². The lowest BCUT2D eigenvalue weighted by atomic mass is 10.0. The Labute approximate surface area is 165 Å². The topological polar surface area (TPSA) is 134 Å². The van der Waals surface area contributed by atoms with Gasteiger partial charge < -0.3 is 29.9 Å². The van der Waals surface area contributed by atoms with Crippen LogP contribution in [0.4, 0.5) is 0 Å². The van der Waals surface area contributed by atoms with Crippen molar-refractivity contribution in [2.24, 2.45) is 0 Å². The largest absolute Gasteiger partial charge is 0.459 e. The summed E-state index contributed by atoms with van der Waals surface area (Å²) in [4.78, 5) is 23.7. The summed E-state index contributed by atoms with van der Waals surface area (Å²) in [6.07, 6.45) is 1.75. The molecule has 0 aromatic rings. The summed E-state index contributed by atoms with van der Waals surface area (Å²) in [5.74, 6) is -1.29. The molecule has 0 aliphatic carbocycles. The number of ether oxygens (including phenoxy) is 2. The minimum Gasteiger partial charge on any atom is -0.459 e. The van der Waals surface area contributed by atoms with E-state index in [2.05, 4.69) is 0 Å². The van der Waals surface area contributed by atoms with Gasteiger partial charge in [-0.25, -0.2) is 9.59 Å². The van der Waals surface area contributed by atoms with Crippen molar-refractivity contribution in [3.63, 3.8) is 0 Å². The number of cyclic esters (lactones) is 2. The first-order chi connectivity index (χ1) is 13.2. The quantitative estimate of drug-likeness (QED) is 0.499. The van der Waals surface area contributed by atoms with E-state index in [0.717, 1.165) is 12.2 Å². The van der Waals surface area contributed by atoms with Crippen LogP contribution in [0, 0.1) is 0 Å². The summed E-state index contributed by atoms with van der Waals surface area (Å²) >= 11 is 0. The van der Waals surface area contributed by atoms with Gasteiger partial charge in [-0.05, 0) is 51.7 Å². The molecule has 1 heterocycles. The van der Waals surface area contributed by atoms with E-state index >= 15 is 0 Å². The highest BCUT2D eigenvalue weighted by molar-refractivity contribution is 5.82. The van der Waals surface area contributed by atoms with Gasteiger partial charge in [0.1, 0.15) is 12.2 Å². The fraction of sp³-hybridized carbons (Fsp3) is 0.700. The van der Waals surface area contributed by atoms with Crippen LogP contribution in [0.15, 0.2) is 24.3 Å². The Morgan fingerprint density at radius 3 is 2.07 bits per heavy atom. The number of hydrogen-bond donors (Lipinski definition) is 4. The number of esters is 2. The van der Waals surface area contributed by atoms with Crippen LogP contribution in [0.5, 0.6) is 0 Å². The first kappa shape index (κ1) is 24.3. The van der Waals surface area contributed by atoms with Crippen LogP contribution < -0.4 is 0 Å². The monoisotopic (exact) mass is 400 g/mol. The summed E-state index contributed by atoms with van der Waals surface area (Å²) in [6.45, 7) is 3.22. The van der Waals surface area contributed by atoms with E-state index in [1.807, 2.05) is 0 Å². The highest BCUT2D eigenvalue weighted by atomic mass is 16.5. The van der Waals surface area contributed by atoms with E-state index in [1.165, 1.54) is 12.2 Å². The van der Waals surface area contributed by atoms with Gasteiger partial charge in [0.05, 0.1) is 24.4 Å². The zero-order valence-corrected chi connectivity index (χ0v) is 16.4. The van der Waals surface area contributed by atoms with Gasteiger partial charge in [0.15, 0.2) is 0 Å². The molecule has 28 heavy (non-hydrogen) atoms. The minimum atomic E-state index is -0.945. The molecule has 0 saturated carbocycles. The number of aliphatic hydroxyl groups excluding tert-OH is 4. The lowest BCUT2D eigenvalue weighted by Gasteiger charge is -2.20. The van der Waals surface area contributed by atoms with Crippen LogP contribution in [-0.2, 0) is 19.1 Å². The normalized spacial score (nSPS) is 35.0. The molecule has 8 heteroatoms. The second kappa shape index (κ2) is 12.7. The molecule has 1 aliphatic heterocycles. The SMILES string of the molecule is C[C@H](O)CC1CC[C@@H](O)/C=C/C(=O)O[C@@H](C)C[C@@H](O)CC[C@@H](O)/C=C/C(=O)O1. The van der Waals surface area contributed by atoms with Gasteiger partial charge in [-0.1, -0.05) is 0 Å². The Hall–Kier alpha value is -1.74. The van der Waals surface area contributed by atoms with Crippen LogP contribution in [0.3, 0.4) is 0 Å². The number of hydrogen-bond acceptors (Lipinski definition) is 8. The highest BCUT2D eigenvalue weighted by Gasteiger charge is 2.19. The van der Waals surface area contributed by atoms with Crippen LogP contribution in [0.25, 0.3) is 0 Å². The van der Waals surface area contributed by atoms with Crippen molar-refractivity contribution in [1.29, 1.82) is 0 Å². The summed E-state index contributed by atoms with van der Waals surface area (Å²) in [6, 6.07) is 0. The standard InChI is InChI=1S/C20H32O8/c1-13(21)11-18-8-5-16(23)6-9-19(25)27-14(2)12-17(24)4-3-15(22)7-10-20(26)28-18/h6-7,9-10,13-18,21-24H,3-5,8,11-12H2,1-2H3/b9-6+,10-7+/t13-,14-,15+,16+,17-,18?/m0/s1. The maximum Gasteiger partial charge on any atom is 0.330 e. The number of carbonyl (C=O) groups excluding carboxylic acids is 2. The van der Waals surface area contributed by atoms with E-state index < -0.39 is 48.6 Å². The summed E-state index contributed by atoms with van der Waals surface area (Å²) in [5.41, 5.74) is 0. The van der Waals surface area contributed by atoms with E-state index in [1.54, 1.807) is 13.8 Å². The fourth-order valence-corrected chi connectivity index (χ4v) is 2.89. The molecule has 0 saturated heterocycles. The molecule has 160 valence electrons. The van der Waals surface area contributed by atoms with Crippen molar-refractivity contribution in [3.05, 3.63) is 24.3 Å². The zero-order valence-electron chi connectivity index (χ0n) is 16.4. The molecular weight excluding hydrogens is 368 g/mol. The molecule has 0 radical (unpaired) electrons. The number of rotatable bonds is 2. The van der Waals surface area contributed by atoms with E-state index in [9.17, 15) is 30.0 Å². The van der Waals surface area contributed by atoms with Crippen molar-refractivity contribution >= 4 is 11.9 Å². The van der Waals surface area contributed by atoms with E-state index in [4.69, 9.17) is 9.47 Å². The van der Waals surface area contributed by atoms with Gasteiger partial charge in [-0.2, -0.15) is 0 Å². The van der Waals surface area contributed by atoms with E-state index in [0.29, 0.717) is 0 Å². The first-order valence-corrected chi connectivity index (χ1v) is 9.65. The Balaban J connectivity index is 2.84. The molecule has 0 amide bonds. The van der Waals surface area contributed by atoms with Crippen LogP contribution in [0.2, 0.25) is 0 Å². The fourth-order valence-electron chi connectivity index (χ4n) is 2.89. The van der Waals surface area contributed by atoms with Crippen LogP contribution >= 0.6 is 0 Å². The molecule has 8 nitrogen and oxygen atoms in total. The molecular formula is C20H32O8. The van der Waals surface area contributed by atoms with Gasteiger partial charge >= 0.3 is 11.9 Å². The summed E-state index contributed by atoms with van der Waals surface area (Å²) in [5, 5.41) is 39.5. The molecule has 0 aromatic carbocycles. The maximum atomic E-state index is 12.0. The molecule has 0 fully saturated rings. The van der Waals surface area contributed by atoms with Crippen molar-refractivity contribution < 1.29 is 39.5 Å². The zero-order chi connectivity index (χ0) is 21.1. The van der Waals surface area contributed by atoms with Crippen LogP contribution in [-0.4, -0.2) is 69.0 Å². The Kier molecular flexibility index (Phi) is 11.0. The Morgan fingerprint density at radius 1 is 0.964 bits per heavy atom. The maximum absolute atomic E-state index is 12.0. The molecule has 4 N–H and O–H groups in total. The second-order valence-electron chi connectivity index (χ2n) is 7.29. The van der Waals surface area contributed by atoms with Crippen molar-refractivity contribution in [1.82, 2.24) is 0 Å². The van der Waals surface area contributed by atoms with Gasteiger partial charge in [0.25, 0.3) is 0 Å². The predicted molar refractivity (Wildman–Crippen MR) is 101 cm³/mol. The van der Waals surface area contributed by atoms with Gasteiger partial charge in [0, 0.05) is 25.0 Å². The predicted octanol–water partition coefficient (Wildman–Crippen LogP) is 0.760. The van der Waals surface area contributed by atoms with Gasteiger partial charge in [-0.3, -0.25) is 0 Å². The summed E-state index contributed by atoms with van der Waals surface area (Å²) < 4.78 is 10.4. The first-order valence-electron chi connectivity index (χ1n) is 9.65. The summed E-state index contributed by atoms with van der Waals surface area (Å²) in [7, 11) is 0. The average molecular weight is 400 g/mol. The molecule has 0 bridgehead atoms. The lowest BCUT2D eigenvalue weighted by Crippen LogP contribution is -2.24. The molecule has 0 aromatic heterocycles. The smallest absolute Gasteiger partial charge is 0.330 e. The molecule has 1 aliphatic rings. The third kappa shape index (κ3) is 11.2. The van der Waals surface area contributed by atoms with E-state index in [-0.39, 0.29) is 38.5 Å². The number of carbonyl (C=O) groups is 2. The lowest BCUT2D eigenvalue weighted by molar-refractivity contribution is -0.145. The van der Waals surface area contributed by atoms with Crippen LogP contribution in [0.1, 0.15) is 52.4 Å². The van der Waals surface area contributed by atoms with Crippen molar-refractivity contribution in [2.45, 2.75) is 89.0 Å². The molecule has 6 atom stereocenters. The van der Waals surface area contributed by atoms with Gasteiger partial charge in [0.2, 0.25) is 0 Å².